The van der Waals surface area contributed by atoms with E-state index < -0.39 is 5.54 Å². The molecule has 1 aromatic heterocycles. The summed E-state index contributed by atoms with van der Waals surface area (Å²) in [6, 6.07) is 5.16. The first-order valence-corrected chi connectivity index (χ1v) is 6.41. The molecule has 0 saturated heterocycles. The van der Waals surface area contributed by atoms with Gasteiger partial charge in [-0.15, -0.1) is 0 Å². The molecule has 0 unspecified atom stereocenters. The quantitative estimate of drug-likeness (QED) is 0.856. The molecule has 1 aliphatic rings. The summed E-state index contributed by atoms with van der Waals surface area (Å²) in [6.45, 7) is 1.65. The number of hydrogen-bond donors (Lipinski definition) is 2. The van der Waals surface area contributed by atoms with Gasteiger partial charge in [0.15, 0.2) is 0 Å². The van der Waals surface area contributed by atoms with Crippen molar-refractivity contribution in [2.75, 3.05) is 6.61 Å². The summed E-state index contributed by atoms with van der Waals surface area (Å²) in [4.78, 5) is 16.3. The minimum atomic E-state index is -0.499. The van der Waals surface area contributed by atoms with Crippen molar-refractivity contribution in [3.63, 3.8) is 0 Å². The van der Waals surface area contributed by atoms with E-state index in [1.54, 1.807) is 19.1 Å². The summed E-state index contributed by atoms with van der Waals surface area (Å²) in [5.41, 5.74) is 0.797. The number of nitrogens with one attached hydrogen (secondary N) is 1. The first kappa shape index (κ1) is 13.5. The van der Waals surface area contributed by atoms with Crippen molar-refractivity contribution in [2.24, 2.45) is 0 Å². The van der Waals surface area contributed by atoms with Crippen molar-refractivity contribution in [1.29, 1.82) is 5.26 Å². The molecule has 2 N–H and O–H groups in total. The van der Waals surface area contributed by atoms with Gasteiger partial charge in [-0.2, -0.15) is 5.26 Å². The molecule has 1 heterocycles. The minimum Gasteiger partial charge on any atom is -0.394 e. The third-order valence-corrected chi connectivity index (χ3v) is 3.68. The minimum absolute atomic E-state index is 0.0476. The highest BCUT2D eigenvalue weighted by Crippen LogP contribution is 2.29. The average Bonchev–Trinajstić information content (AvgIpc) is 2.87. The predicted molar refractivity (Wildman–Crippen MR) is 69.4 cm³/mol. The maximum atomic E-state index is 12.1. The molecule has 19 heavy (non-hydrogen) atoms. The van der Waals surface area contributed by atoms with Gasteiger partial charge < -0.3 is 10.4 Å². The number of nitrogens with zero attached hydrogens (tertiary/aromatic N) is 2. The Morgan fingerprint density at radius 2 is 2.21 bits per heavy atom. The Balaban J connectivity index is 2.16. The molecule has 1 aliphatic carbocycles. The van der Waals surface area contributed by atoms with Crippen LogP contribution in [-0.2, 0) is 0 Å². The summed E-state index contributed by atoms with van der Waals surface area (Å²) >= 11 is 0. The van der Waals surface area contributed by atoms with Crippen LogP contribution in [0.3, 0.4) is 0 Å². The van der Waals surface area contributed by atoms with E-state index in [4.69, 9.17) is 5.26 Å². The lowest BCUT2D eigenvalue weighted by Gasteiger charge is -2.27. The molecule has 0 aliphatic heterocycles. The third-order valence-electron chi connectivity index (χ3n) is 3.68. The van der Waals surface area contributed by atoms with Gasteiger partial charge in [0.25, 0.3) is 5.91 Å². The number of carbonyl (C=O) groups excluding carboxylic acids is 1. The van der Waals surface area contributed by atoms with Crippen molar-refractivity contribution >= 4 is 5.91 Å². The molecule has 0 radical (unpaired) electrons. The standard InChI is InChI=1S/C14H17N3O2/c1-10-11(8-15)4-5-12(16-10)13(19)17-14(9-18)6-2-3-7-14/h4-5,18H,2-3,6-7,9H2,1H3,(H,17,19). The fourth-order valence-electron chi connectivity index (χ4n) is 2.48. The maximum absolute atomic E-state index is 12.1. The van der Waals surface area contributed by atoms with Gasteiger partial charge in [-0.05, 0) is 31.9 Å². The third kappa shape index (κ3) is 2.74. The Morgan fingerprint density at radius 3 is 2.74 bits per heavy atom. The largest absolute Gasteiger partial charge is 0.394 e. The molecule has 5 heteroatoms. The topological polar surface area (TPSA) is 86.0 Å². The molecule has 1 aromatic rings. The fourth-order valence-corrected chi connectivity index (χ4v) is 2.48. The van der Waals surface area contributed by atoms with E-state index in [1.165, 1.54) is 0 Å². The number of nitriles is 1. The van der Waals surface area contributed by atoms with Gasteiger partial charge in [0.05, 0.1) is 23.4 Å². The predicted octanol–water partition coefficient (Wildman–Crippen LogP) is 1.30. The van der Waals surface area contributed by atoms with Crippen molar-refractivity contribution in [3.05, 3.63) is 29.1 Å². The van der Waals surface area contributed by atoms with E-state index in [0.717, 1.165) is 25.7 Å². The van der Waals surface area contributed by atoms with Gasteiger partial charge in [0.2, 0.25) is 0 Å². The van der Waals surface area contributed by atoms with Crippen molar-refractivity contribution in [3.8, 4) is 6.07 Å². The van der Waals surface area contributed by atoms with E-state index in [0.29, 0.717) is 11.3 Å². The van der Waals surface area contributed by atoms with Crippen LogP contribution in [0.5, 0.6) is 0 Å². The van der Waals surface area contributed by atoms with E-state index >= 15 is 0 Å². The summed E-state index contributed by atoms with van der Waals surface area (Å²) in [5.74, 6) is -0.288. The van der Waals surface area contributed by atoms with Gasteiger partial charge in [-0.3, -0.25) is 4.79 Å². The highest BCUT2D eigenvalue weighted by atomic mass is 16.3. The highest BCUT2D eigenvalue weighted by Gasteiger charge is 2.35. The van der Waals surface area contributed by atoms with Crippen LogP contribution in [0, 0.1) is 18.3 Å². The summed E-state index contributed by atoms with van der Waals surface area (Å²) in [7, 11) is 0. The number of aryl methyl sites for hydroxylation is 1. The molecular formula is C14H17N3O2. The van der Waals surface area contributed by atoms with E-state index in [-0.39, 0.29) is 18.2 Å². The normalized spacial score (nSPS) is 16.9. The second-order valence-electron chi connectivity index (χ2n) is 5.04. The molecule has 1 fully saturated rings. The number of carbonyl (C=O) groups is 1. The molecule has 0 atom stereocenters. The molecule has 100 valence electrons. The van der Waals surface area contributed by atoms with Crippen LogP contribution < -0.4 is 5.32 Å². The van der Waals surface area contributed by atoms with Gasteiger partial charge in [0, 0.05) is 0 Å². The highest BCUT2D eigenvalue weighted by molar-refractivity contribution is 5.93. The van der Waals surface area contributed by atoms with Crippen LogP contribution in [0.2, 0.25) is 0 Å². The number of hydrogen-bond acceptors (Lipinski definition) is 4. The SMILES string of the molecule is Cc1nc(C(=O)NC2(CO)CCCC2)ccc1C#N. The van der Waals surface area contributed by atoms with Crippen molar-refractivity contribution < 1.29 is 9.90 Å². The first-order valence-electron chi connectivity index (χ1n) is 6.41. The fraction of sp³-hybridized carbons (Fsp3) is 0.500. The van der Waals surface area contributed by atoms with Crippen molar-refractivity contribution in [1.82, 2.24) is 10.3 Å². The van der Waals surface area contributed by atoms with E-state index in [9.17, 15) is 9.90 Å². The van der Waals surface area contributed by atoms with Crippen LogP contribution in [0.1, 0.15) is 47.4 Å². The van der Waals surface area contributed by atoms with E-state index in [2.05, 4.69) is 10.3 Å². The number of amides is 1. The van der Waals surface area contributed by atoms with E-state index in [1.807, 2.05) is 6.07 Å². The zero-order valence-corrected chi connectivity index (χ0v) is 10.9. The summed E-state index contributed by atoms with van der Waals surface area (Å²) < 4.78 is 0. The molecule has 1 saturated carbocycles. The molecule has 0 aromatic carbocycles. The summed E-state index contributed by atoms with van der Waals surface area (Å²) in [5, 5.41) is 21.2. The Bertz CT molecular complexity index is 528. The molecular weight excluding hydrogens is 242 g/mol. The second kappa shape index (κ2) is 5.37. The van der Waals surface area contributed by atoms with Gasteiger partial charge in [0.1, 0.15) is 11.8 Å². The van der Waals surface area contributed by atoms with Crippen LogP contribution in [0.25, 0.3) is 0 Å². The Kier molecular flexibility index (Phi) is 3.82. The lowest BCUT2D eigenvalue weighted by molar-refractivity contribution is 0.0833. The lowest BCUT2D eigenvalue weighted by Crippen LogP contribution is -2.49. The molecule has 0 spiro atoms. The maximum Gasteiger partial charge on any atom is 0.270 e. The first-order chi connectivity index (χ1) is 9.10. The number of pyridine rings is 1. The van der Waals surface area contributed by atoms with Crippen molar-refractivity contribution in [2.45, 2.75) is 38.1 Å². The Hall–Kier alpha value is -1.93. The molecule has 0 bridgehead atoms. The average molecular weight is 259 g/mol. The zero-order chi connectivity index (χ0) is 13.9. The van der Waals surface area contributed by atoms with Crippen LogP contribution in [0.15, 0.2) is 12.1 Å². The Morgan fingerprint density at radius 1 is 1.53 bits per heavy atom. The van der Waals surface area contributed by atoms with Crippen LogP contribution in [0.4, 0.5) is 0 Å². The lowest BCUT2D eigenvalue weighted by atomic mass is 9.98. The molecule has 2 rings (SSSR count). The number of aliphatic hydroxyl groups excluding tert-OH is 1. The number of rotatable bonds is 3. The zero-order valence-electron chi connectivity index (χ0n) is 10.9. The van der Waals surface area contributed by atoms with Gasteiger partial charge in [-0.25, -0.2) is 4.98 Å². The summed E-state index contributed by atoms with van der Waals surface area (Å²) in [6.07, 6.45) is 3.62. The van der Waals surface area contributed by atoms with Crippen LogP contribution >= 0.6 is 0 Å². The van der Waals surface area contributed by atoms with Crippen LogP contribution in [-0.4, -0.2) is 28.1 Å². The number of aliphatic hydroxyl groups is 1. The Labute approximate surface area is 112 Å². The molecule has 5 nitrogen and oxygen atoms in total. The van der Waals surface area contributed by atoms with Gasteiger partial charge >= 0.3 is 0 Å². The smallest absolute Gasteiger partial charge is 0.270 e. The number of aromatic nitrogens is 1. The molecule has 1 amide bonds. The second-order valence-corrected chi connectivity index (χ2v) is 5.04. The monoisotopic (exact) mass is 259 g/mol. The van der Waals surface area contributed by atoms with Gasteiger partial charge in [-0.1, -0.05) is 12.8 Å².